The van der Waals surface area contributed by atoms with Gasteiger partial charge in [-0.05, 0) is 54.7 Å². The van der Waals surface area contributed by atoms with E-state index in [1.54, 1.807) is 0 Å². The Morgan fingerprint density at radius 3 is 2.30 bits per heavy atom. The molecule has 1 aliphatic rings. The molecule has 0 unspecified atom stereocenters. The maximum atomic E-state index is 13.0. The summed E-state index contributed by atoms with van der Waals surface area (Å²) in [6.45, 7) is 2.66. The SMILES string of the molecule is CCc1ccc(NC(=O)NCC2(c3ccc(F)cc3)CC2)cc1. The van der Waals surface area contributed by atoms with Crippen LogP contribution in [-0.4, -0.2) is 12.6 Å². The van der Waals surface area contributed by atoms with Crippen molar-refractivity contribution in [3.63, 3.8) is 0 Å². The second-order valence-electron chi connectivity index (χ2n) is 6.15. The van der Waals surface area contributed by atoms with E-state index in [0.717, 1.165) is 30.5 Å². The fourth-order valence-electron chi connectivity index (χ4n) is 2.77. The summed E-state index contributed by atoms with van der Waals surface area (Å²) in [4.78, 5) is 12.0. The minimum atomic E-state index is -0.231. The van der Waals surface area contributed by atoms with Crippen LogP contribution in [0, 0.1) is 5.82 Å². The molecule has 2 amide bonds. The van der Waals surface area contributed by atoms with Crippen LogP contribution < -0.4 is 10.6 Å². The Morgan fingerprint density at radius 1 is 1.09 bits per heavy atom. The zero-order valence-electron chi connectivity index (χ0n) is 13.2. The van der Waals surface area contributed by atoms with Crippen molar-refractivity contribution in [2.24, 2.45) is 0 Å². The van der Waals surface area contributed by atoms with Crippen LogP contribution in [0.15, 0.2) is 48.5 Å². The molecule has 0 spiro atoms. The van der Waals surface area contributed by atoms with Gasteiger partial charge in [0.05, 0.1) is 0 Å². The minimum Gasteiger partial charge on any atom is -0.337 e. The van der Waals surface area contributed by atoms with Crippen molar-refractivity contribution in [3.05, 3.63) is 65.5 Å². The Balaban J connectivity index is 1.55. The number of rotatable bonds is 5. The van der Waals surface area contributed by atoms with Crippen LogP contribution in [0.5, 0.6) is 0 Å². The number of urea groups is 1. The standard InChI is InChI=1S/C19H21FN2O/c1-2-14-3-9-17(10-4-14)22-18(23)21-13-19(11-12-19)15-5-7-16(20)8-6-15/h3-10H,2,11-13H2,1H3,(H2,21,22,23). The van der Waals surface area contributed by atoms with Gasteiger partial charge in [-0.1, -0.05) is 31.2 Å². The van der Waals surface area contributed by atoms with Crippen LogP contribution in [0.2, 0.25) is 0 Å². The van der Waals surface area contributed by atoms with E-state index in [9.17, 15) is 9.18 Å². The molecule has 4 heteroatoms. The van der Waals surface area contributed by atoms with Gasteiger partial charge in [0.25, 0.3) is 0 Å². The van der Waals surface area contributed by atoms with Gasteiger partial charge in [-0.3, -0.25) is 0 Å². The van der Waals surface area contributed by atoms with Gasteiger partial charge in [-0.25, -0.2) is 9.18 Å². The maximum Gasteiger partial charge on any atom is 0.319 e. The molecule has 23 heavy (non-hydrogen) atoms. The van der Waals surface area contributed by atoms with E-state index in [1.807, 2.05) is 36.4 Å². The lowest BCUT2D eigenvalue weighted by atomic mass is 9.96. The zero-order valence-corrected chi connectivity index (χ0v) is 13.2. The molecule has 1 saturated carbocycles. The third-order valence-corrected chi connectivity index (χ3v) is 4.52. The van der Waals surface area contributed by atoms with Crippen molar-refractivity contribution in [1.82, 2.24) is 5.32 Å². The van der Waals surface area contributed by atoms with Gasteiger partial charge < -0.3 is 10.6 Å². The highest BCUT2D eigenvalue weighted by Crippen LogP contribution is 2.47. The predicted molar refractivity (Wildman–Crippen MR) is 90.2 cm³/mol. The van der Waals surface area contributed by atoms with Crippen LogP contribution in [0.4, 0.5) is 14.9 Å². The lowest BCUT2D eigenvalue weighted by molar-refractivity contribution is 0.251. The van der Waals surface area contributed by atoms with Gasteiger partial charge in [0.15, 0.2) is 0 Å². The van der Waals surface area contributed by atoms with E-state index in [2.05, 4.69) is 17.6 Å². The molecule has 2 aromatic carbocycles. The Hall–Kier alpha value is -2.36. The molecule has 0 atom stereocenters. The first-order valence-corrected chi connectivity index (χ1v) is 8.01. The number of amides is 2. The summed E-state index contributed by atoms with van der Waals surface area (Å²) < 4.78 is 13.0. The minimum absolute atomic E-state index is 0.0306. The summed E-state index contributed by atoms with van der Waals surface area (Å²) in [6, 6.07) is 14.2. The normalized spacial score (nSPS) is 15.0. The van der Waals surface area contributed by atoms with Gasteiger partial charge in [0.1, 0.15) is 5.82 Å². The molecule has 0 bridgehead atoms. The highest BCUT2D eigenvalue weighted by Gasteiger charge is 2.44. The number of aryl methyl sites for hydroxylation is 1. The number of hydrogen-bond acceptors (Lipinski definition) is 1. The van der Waals surface area contributed by atoms with Crippen LogP contribution in [0.1, 0.15) is 30.9 Å². The summed E-state index contributed by atoms with van der Waals surface area (Å²) in [5.74, 6) is -0.231. The molecule has 1 fully saturated rings. The van der Waals surface area contributed by atoms with Crippen molar-refractivity contribution in [1.29, 1.82) is 0 Å². The summed E-state index contributed by atoms with van der Waals surface area (Å²) in [6.07, 6.45) is 3.01. The first-order chi connectivity index (χ1) is 11.1. The van der Waals surface area contributed by atoms with E-state index >= 15 is 0 Å². The van der Waals surface area contributed by atoms with Gasteiger partial charge in [-0.15, -0.1) is 0 Å². The Kier molecular flexibility index (Phi) is 4.33. The van der Waals surface area contributed by atoms with Crippen molar-refractivity contribution in [2.45, 2.75) is 31.6 Å². The van der Waals surface area contributed by atoms with Gasteiger partial charge in [0, 0.05) is 17.6 Å². The summed E-state index contributed by atoms with van der Waals surface area (Å²) in [5, 5.41) is 5.78. The number of carbonyl (C=O) groups is 1. The molecule has 0 aromatic heterocycles. The second-order valence-corrected chi connectivity index (χ2v) is 6.15. The average Bonchev–Trinajstić information content (AvgIpc) is 3.35. The molecule has 0 aliphatic heterocycles. The molecule has 0 heterocycles. The highest BCUT2D eigenvalue weighted by atomic mass is 19.1. The Labute approximate surface area is 135 Å². The molecule has 2 aromatic rings. The maximum absolute atomic E-state index is 13.0. The Bertz CT molecular complexity index is 676. The van der Waals surface area contributed by atoms with Crippen molar-refractivity contribution >= 4 is 11.7 Å². The van der Waals surface area contributed by atoms with Crippen LogP contribution in [0.3, 0.4) is 0 Å². The van der Waals surface area contributed by atoms with Crippen LogP contribution >= 0.6 is 0 Å². The molecule has 0 radical (unpaired) electrons. The summed E-state index contributed by atoms with van der Waals surface area (Å²) in [7, 11) is 0. The van der Waals surface area contributed by atoms with E-state index < -0.39 is 0 Å². The largest absolute Gasteiger partial charge is 0.337 e. The highest BCUT2D eigenvalue weighted by molar-refractivity contribution is 5.89. The van der Waals surface area contributed by atoms with E-state index in [1.165, 1.54) is 17.7 Å². The molecular formula is C19H21FN2O. The van der Waals surface area contributed by atoms with Gasteiger partial charge in [-0.2, -0.15) is 0 Å². The number of halogens is 1. The quantitative estimate of drug-likeness (QED) is 0.852. The first kappa shape index (κ1) is 15.5. The van der Waals surface area contributed by atoms with E-state index in [4.69, 9.17) is 0 Å². The first-order valence-electron chi connectivity index (χ1n) is 8.01. The molecule has 3 rings (SSSR count). The number of hydrogen-bond donors (Lipinski definition) is 2. The number of carbonyl (C=O) groups excluding carboxylic acids is 1. The van der Waals surface area contributed by atoms with Gasteiger partial charge >= 0.3 is 6.03 Å². The molecule has 0 saturated heterocycles. The fourth-order valence-corrected chi connectivity index (χ4v) is 2.77. The van der Waals surface area contributed by atoms with Crippen molar-refractivity contribution < 1.29 is 9.18 Å². The van der Waals surface area contributed by atoms with Crippen LogP contribution in [-0.2, 0) is 11.8 Å². The summed E-state index contributed by atoms with van der Waals surface area (Å²) in [5.41, 5.74) is 3.08. The number of benzene rings is 2. The molecule has 3 nitrogen and oxygen atoms in total. The summed E-state index contributed by atoms with van der Waals surface area (Å²) >= 11 is 0. The number of anilines is 1. The molecule has 120 valence electrons. The third kappa shape index (κ3) is 3.70. The smallest absolute Gasteiger partial charge is 0.319 e. The topological polar surface area (TPSA) is 41.1 Å². The zero-order chi connectivity index (χ0) is 16.3. The average molecular weight is 312 g/mol. The molecular weight excluding hydrogens is 291 g/mol. The lowest BCUT2D eigenvalue weighted by Gasteiger charge is -2.17. The monoisotopic (exact) mass is 312 g/mol. The molecule has 2 N–H and O–H groups in total. The van der Waals surface area contributed by atoms with Crippen molar-refractivity contribution in [3.8, 4) is 0 Å². The van der Waals surface area contributed by atoms with Crippen molar-refractivity contribution in [2.75, 3.05) is 11.9 Å². The second kappa shape index (κ2) is 6.41. The lowest BCUT2D eigenvalue weighted by Crippen LogP contribution is -2.35. The number of nitrogens with one attached hydrogen (secondary N) is 2. The van der Waals surface area contributed by atoms with Gasteiger partial charge in [0.2, 0.25) is 0 Å². The predicted octanol–water partition coefficient (Wildman–Crippen LogP) is 4.24. The van der Waals surface area contributed by atoms with Crippen LogP contribution in [0.25, 0.3) is 0 Å². The van der Waals surface area contributed by atoms with E-state index in [0.29, 0.717) is 6.54 Å². The third-order valence-electron chi connectivity index (χ3n) is 4.52. The molecule has 1 aliphatic carbocycles. The Morgan fingerprint density at radius 2 is 1.74 bits per heavy atom. The van der Waals surface area contributed by atoms with E-state index in [-0.39, 0.29) is 17.3 Å². The fraction of sp³-hybridized carbons (Fsp3) is 0.316.